The largest absolute Gasteiger partial charge is 0.444 e. The number of rotatable bonds is 7. The van der Waals surface area contributed by atoms with Crippen LogP contribution in [0.2, 0.25) is 0 Å². The van der Waals surface area contributed by atoms with Crippen molar-refractivity contribution in [2.24, 2.45) is 0 Å². The second kappa shape index (κ2) is 15.5. The average molecular weight is 586 g/mol. The van der Waals surface area contributed by atoms with E-state index >= 15 is 0 Å². The summed E-state index contributed by atoms with van der Waals surface area (Å²) in [6.07, 6.45) is -0.321. The second-order valence-electron chi connectivity index (χ2n) is 9.06. The number of fused-ring (bicyclic) bond motifs is 1. The van der Waals surface area contributed by atoms with Crippen molar-refractivity contribution in [3.63, 3.8) is 0 Å². The maximum absolute atomic E-state index is 14.3. The number of aromatic nitrogens is 2. The first-order valence-electron chi connectivity index (χ1n) is 11.6. The third-order valence-electron chi connectivity index (χ3n) is 5.21. The number of nitrogens with zero attached hydrogens (tertiary/aromatic N) is 3. The summed E-state index contributed by atoms with van der Waals surface area (Å²) in [6, 6.07) is 0.128. The van der Waals surface area contributed by atoms with Gasteiger partial charge in [0, 0.05) is 37.9 Å². The zero-order valence-corrected chi connectivity index (χ0v) is 23.3. The number of imidazole rings is 1. The van der Waals surface area contributed by atoms with Gasteiger partial charge < -0.3 is 19.7 Å². The van der Waals surface area contributed by atoms with Crippen LogP contribution in [0.5, 0.6) is 0 Å². The number of hydrogen-bond donors (Lipinski definition) is 2. The van der Waals surface area contributed by atoms with Crippen LogP contribution < -0.4 is 10.0 Å². The number of carbonyl (C=O) groups is 2. The molecule has 1 atom stereocenters. The van der Waals surface area contributed by atoms with Crippen molar-refractivity contribution in [3.8, 4) is 0 Å². The number of benzene rings is 1. The molecule has 0 saturated heterocycles. The fourth-order valence-corrected chi connectivity index (χ4v) is 4.05. The van der Waals surface area contributed by atoms with Crippen LogP contribution in [0.4, 0.5) is 37.0 Å². The van der Waals surface area contributed by atoms with E-state index in [1.165, 1.54) is 21.4 Å². The number of nitrogens with one attached hydrogen (secondary N) is 2. The molecule has 0 saturated carbocycles. The molecule has 2 N–H and O–H groups in total. The molecule has 1 aromatic carbocycles. The van der Waals surface area contributed by atoms with Crippen LogP contribution in [0.1, 0.15) is 38.4 Å². The van der Waals surface area contributed by atoms with Crippen LogP contribution >= 0.6 is 11.9 Å². The Kier molecular flexibility index (Phi) is 13.5. The number of carbonyl (C=O) groups excluding carboxylic acids is 2. The first kappa shape index (κ1) is 33.9. The number of alkyl carbamates (subject to hydrolysis) is 1. The molecule has 8 nitrogen and oxygen atoms in total. The summed E-state index contributed by atoms with van der Waals surface area (Å²) in [4.78, 5) is 30.8. The Bertz CT molecular complexity index is 1110. The van der Waals surface area contributed by atoms with Gasteiger partial charge in [0.25, 0.3) is 6.08 Å². The Morgan fingerprint density at radius 2 is 1.67 bits per heavy atom. The minimum absolute atomic E-state index is 0.0668. The molecule has 2 heterocycles. The van der Waals surface area contributed by atoms with Crippen LogP contribution in [-0.4, -0.2) is 65.2 Å². The molecule has 39 heavy (non-hydrogen) atoms. The molecule has 1 unspecified atom stereocenters. The van der Waals surface area contributed by atoms with Gasteiger partial charge in [-0.1, -0.05) is 11.9 Å². The predicted octanol–water partition coefficient (Wildman–Crippen LogP) is 5.17. The number of halogens is 6. The van der Waals surface area contributed by atoms with Crippen molar-refractivity contribution in [2.75, 3.05) is 31.9 Å². The summed E-state index contributed by atoms with van der Waals surface area (Å²) < 4.78 is 83.9. The molecule has 1 aromatic heterocycles. The zero-order chi connectivity index (χ0) is 29.9. The van der Waals surface area contributed by atoms with E-state index in [4.69, 9.17) is 4.74 Å². The maximum atomic E-state index is 14.3. The van der Waals surface area contributed by atoms with E-state index in [1.54, 1.807) is 27.0 Å². The summed E-state index contributed by atoms with van der Waals surface area (Å²) in [5.41, 5.74) is -0.551. The first-order chi connectivity index (χ1) is 18.4. The van der Waals surface area contributed by atoms with Crippen LogP contribution in [-0.2, 0) is 29.0 Å². The van der Waals surface area contributed by atoms with Gasteiger partial charge in [-0.15, -0.1) is 0 Å². The van der Waals surface area contributed by atoms with Crippen molar-refractivity contribution in [1.29, 1.82) is 0 Å². The third-order valence-corrected chi connectivity index (χ3v) is 5.61. The average Bonchev–Trinajstić information content (AvgIpc) is 3.18. The normalized spacial score (nSPS) is 13.2. The molecule has 1 aliphatic heterocycles. The Morgan fingerprint density at radius 1 is 1.05 bits per heavy atom. The second-order valence-corrected chi connectivity index (χ2v) is 9.67. The molecule has 0 fully saturated rings. The zero-order valence-electron chi connectivity index (χ0n) is 22.5. The number of ether oxygens (including phenoxy) is 1. The van der Waals surface area contributed by atoms with E-state index < -0.39 is 47.2 Å². The Balaban J connectivity index is 0.00000181. The van der Waals surface area contributed by atoms with Crippen LogP contribution in [0.25, 0.3) is 0 Å². The highest BCUT2D eigenvalue weighted by molar-refractivity contribution is 7.99. The molecule has 2 amide bonds. The van der Waals surface area contributed by atoms with E-state index in [0.717, 1.165) is 0 Å². The molecular formula is C24H33F6N5O3S. The molecule has 0 aliphatic carbocycles. The van der Waals surface area contributed by atoms with Gasteiger partial charge in [-0.2, -0.15) is 9.37 Å². The lowest BCUT2D eigenvalue weighted by atomic mass is 10.0. The molecule has 220 valence electrons. The fraction of sp³-hybridized carbons (Fsp3) is 0.542. The van der Waals surface area contributed by atoms with E-state index in [2.05, 4.69) is 15.0 Å². The van der Waals surface area contributed by atoms with Crippen LogP contribution in [0.3, 0.4) is 0 Å². The van der Waals surface area contributed by atoms with Gasteiger partial charge in [-0.3, -0.25) is 18.1 Å². The highest BCUT2D eigenvalue weighted by atomic mass is 32.2. The monoisotopic (exact) mass is 585 g/mol. The SMILES string of the molecule is CF.CF.CSNc1nc(F)n2c1CN(C(=O)CC(Cc1cc(F)c(F)cc1F)NC(=O)OC(C)(C)C)CC2. The van der Waals surface area contributed by atoms with Crippen molar-refractivity contribution >= 4 is 29.8 Å². The lowest BCUT2D eigenvalue weighted by Gasteiger charge is -2.30. The molecule has 1 aliphatic rings. The number of alkyl halides is 2. The summed E-state index contributed by atoms with van der Waals surface area (Å²) in [5, 5.41) is 2.52. The van der Waals surface area contributed by atoms with Gasteiger partial charge in [-0.05, 0) is 38.8 Å². The van der Waals surface area contributed by atoms with E-state index in [0.29, 0.717) is 38.0 Å². The maximum Gasteiger partial charge on any atom is 0.407 e. The van der Waals surface area contributed by atoms with Crippen molar-refractivity contribution in [1.82, 2.24) is 19.8 Å². The summed E-state index contributed by atoms with van der Waals surface area (Å²) in [5.74, 6) is -3.69. The topological polar surface area (TPSA) is 88.5 Å². The molecule has 15 heteroatoms. The van der Waals surface area contributed by atoms with Gasteiger partial charge >= 0.3 is 6.09 Å². The highest BCUT2D eigenvalue weighted by Crippen LogP contribution is 2.25. The van der Waals surface area contributed by atoms with Crippen molar-refractivity contribution in [3.05, 3.63) is 46.9 Å². The Hall–Kier alpha value is -3.10. The van der Waals surface area contributed by atoms with Gasteiger partial charge in [0.2, 0.25) is 5.91 Å². The summed E-state index contributed by atoms with van der Waals surface area (Å²) >= 11 is 1.23. The molecule has 0 bridgehead atoms. The smallest absolute Gasteiger partial charge is 0.407 e. The van der Waals surface area contributed by atoms with Crippen molar-refractivity contribution in [2.45, 2.75) is 58.3 Å². The van der Waals surface area contributed by atoms with Gasteiger partial charge in [0.15, 0.2) is 17.5 Å². The third kappa shape index (κ3) is 9.86. The molecule has 2 aromatic rings. The highest BCUT2D eigenvalue weighted by Gasteiger charge is 2.30. The predicted molar refractivity (Wildman–Crippen MR) is 137 cm³/mol. The fourth-order valence-electron chi connectivity index (χ4n) is 3.69. The standard InChI is InChI=1S/C22H27F4N5O3S.2CH3F/c1-22(2,3)34-21(33)27-13(7-12-8-15(24)16(25)10-14(12)23)9-18(32)30-5-6-31-17(11-30)19(29-35-4)28-20(31)26;2*1-2/h8,10,13,29H,5-7,9,11H2,1-4H3,(H,27,33);2*1H3. The van der Waals surface area contributed by atoms with Gasteiger partial charge in [0.1, 0.15) is 11.4 Å². The minimum Gasteiger partial charge on any atom is -0.444 e. The van der Waals surface area contributed by atoms with Crippen LogP contribution in [0, 0.1) is 23.5 Å². The van der Waals surface area contributed by atoms with Gasteiger partial charge in [0.05, 0.1) is 26.6 Å². The minimum atomic E-state index is -1.34. The summed E-state index contributed by atoms with van der Waals surface area (Å²) in [7, 11) is 1.00. The van der Waals surface area contributed by atoms with E-state index in [-0.39, 0.29) is 38.0 Å². The van der Waals surface area contributed by atoms with Crippen LogP contribution in [0.15, 0.2) is 12.1 Å². The quantitative estimate of drug-likeness (QED) is 0.265. The lowest BCUT2D eigenvalue weighted by molar-refractivity contribution is -0.133. The molecule has 0 radical (unpaired) electrons. The van der Waals surface area contributed by atoms with Gasteiger partial charge in [-0.25, -0.2) is 18.0 Å². The lowest BCUT2D eigenvalue weighted by Crippen LogP contribution is -2.45. The molecular weight excluding hydrogens is 552 g/mol. The van der Waals surface area contributed by atoms with Crippen molar-refractivity contribution < 1.29 is 40.7 Å². The molecule has 3 rings (SSSR count). The number of hydrogen-bond acceptors (Lipinski definition) is 6. The van der Waals surface area contributed by atoms with E-state index in [1.807, 2.05) is 0 Å². The Labute approximate surface area is 227 Å². The molecule has 0 spiro atoms. The van der Waals surface area contributed by atoms with E-state index in [9.17, 15) is 35.9 Å². The summed E-state index contributed by atoms with van der Waals surface area (Å²) in [6.45, 7) is 5.39. The first-order valence-corrected chi connectivity index (χ1v) is 12.8. The number of amides is 2. The number of anilines is 1. The Morgan fingerprint density at radius 3 is 2.26 bits per heavy atom.